The quantitative estimate of drug-likeness (QED) is 0.824. The summed E-state index contributed by atoms with van der Waals surface area (Å²) in [5.41, 5.74) is 0.942. The number of hydrogen-bond acceptors (Lipinski definition) is 3. The maximum absolute atomic E-state index is 12.4. The number of ether oxygens (including phenoxy) is 1. The van der Waals surface area contributed by atoms with E-state index in [1.54, 1.807) is 7.11 Å². The largest absolute Gasteiger partial charge is 0.496 e. The van der Waals surface area contributed by atoms with E-state index in [0.29, 0.717) is 6.42 Å². The molecular weight excluding hydrogens is 315 g/mol. The molecule has 1 aliphatic rings. The Morgan fingerprint density at radius 1 is 1.41 bits per heavy atom. The molecule has 2 rings (SSSR count). The number of carbonyl (C=O) groups is 1. The maximum Gasteiger partial charge on any atom is 0.406 e. The lowest BCUT2D eigenvalue weighted by Gasteiger charge is -2.20. The third kappa shape index (κ3) is 4.09. The van der Waals surface area contributed by atoms with Gasteiger partial charge in [0.15, 0.2) is 0 Å². The van der Waals surface area contributed by atoms with E-state index in [1.165, 1.54) is 11.8 Å². The van der Waals surface area contributed by atoms with Crippen molar-refractivity contribution in [1.82, 2.24) is 4.90 Å². The summed E-state index contributed by atoms with van der Waals surface area (Å²) >= 11 is 1.39. The normalized spacial score (nSPS) is 20.3. The van der Waals surface area contributed by atoms with Crippen molar-refractivity contribution in [3.8, 4) is 5.75 Å². The second-order valence-electron chi connectivity index (χ2n) is 5.17. The third-order valence-corrected chi connectivity index (χ3v) is 4.99. The molecule has 0 unspecified atom stereocenters. The lowest BCUT2D eigenvalue weighted by molar-refractivity contribution is -0.157. The minimum Gasteiger partial charge on any atom is -0.496 e. The molecule has 7 heteroatoms. The fraction of sp³-hybridized carbons (Fsp3) is 0.533. The molecule has 22 heavy (non-hydrogen) atoms. The average molecular weight is 333 g/mol. The van der Waals surface area contributed by atoms with Gasteiger partial charge in [-0.25, -0.2) is 0 Å². The highest BCUT2D eigenvalue weighted by Crippen LogP contribution is 2.40. The first-order valence-corrected chi connectivity index (χ1v) is 7.90. The lowest BCUT2D eigenvalue weighted by atomic mass is 10.1. The van der Waals surface area contributed by atoms with Crippen molar-refractivity contribution in [3.63, 3.8) is 0 Å². The number of carbonyl (C=O) groups excluding carboxylic acids is 1. The van der Waals surface area contributed by atoms with Crippen molar-refractivity contribution in [2.24, 2.45) is 0 Å². The van der Waals surface area contributed by atoms with Crippen molar-refractivity contribution in [3.05, 3.63) is 29.8 Å². The van der Waals surface area contributed by atoms with Crippen molar-refractivity contribution < 1.29 is 22.7 Å². The van der Waals surface area contributed by atoms with Gasteiger partial charge in [-0.15, -0.1) is 11.8 Å². The minimum absolute atomic E-state index is 0.0315. The molecule has 0 saturated carbocycles. The number of halogens is 3. The molecule has 0 aliphatic carbocycles. The summed E-state index contributed by atoms with van der Waals surface area (Å²) < 4.78 is 42.5. The van der Waals surface area contributed by atoms with E-state index < -0.39 is 23.9 Å². The fourth-order valence-electron chi connectivity index (χ4n) is 2.53. The van der Waals surface area contributed by atoms with Gasteiger partial charge >= 0.3 is 6.18 Å². The van der Waals surface area contributed by atoms with E-state index in [0.717, 1.165) is 16.2 Å². The second kappa shape index (κ2) is 6.81. The van der Waals surface area contributed by atoms with E-state index in [-0.39, 0.29) is 11.8 Å². The fourth-order valence-corrected chi connectivity index (χ4v) is 3.87. The third-order valence-electron chi connectivity index (χ3n) is 3.56. The van der Waals surface area contributed by atoms with Gasteiger partial charge in [-0.1, -0.05) is 18.2 Å². The van der Waals surface area contributed by atoms with Crippen molar-refractivity contribution in [1.29, 1.82) is 0 Å². The van der Waals surface area contributed by atoms with Crippen molar-refractivity contribution >= 4 is 17.7 Å². The summed E-state index contributed by atoms with van der Waals surface area (Å²) in [5, 5.41) is -0.460. The predicted octanol–water partition coefficient (Wildman–Crippen LogP) is 3.65. The Morgan fingerprint density at radius 3 is 2.73 bits per heavy atom. The van der Waals surface area contributed by atoms with Crippen LogP contribution in [0.25, 0.3) is 0 Å². The number of alkyl halides is 3. The zero-order valence-corrected chi connectivity index (χ0v) is 13.2. The number of methoxy groups -OCH3 is 1. The molecular formula is C15H18F3NO2S. The van der Waals surface area contributed by atoms with Crippen LogP contribution in [-0.4, -0.2) is 42.4 Å². The highest BCUT2D eigenvalue weighted by Gasteiger charge is 2.40. The van der Waals surface area contributed by atoms with Gasteiger partial charge in [0, 0.05) is 17.4 Å². The van der Waals surface area contributed by atoms with Crippen LogP contribution >= 0.6 is 11.8 Å². The highest BCUT2D eigenvalue weighted by atomic mass is 32.2. The van der Waals surface area contributed by atoms with Gasteiger partial charge in [0.25, 0.3) is 0 Å². The molecule has 1 aromatic carbocycles. The zero-order valence-electron chi connectivity index (χ0n) is 12.4. The van der Waals surface area contributed by atoms with E-state index in [9.17, 15) is 18.0 Å². The Bertz CT molecular complexity index is 536. The van der Waals surface area contributed by atoms with Crippen LogP contribution in [0.2, 0.25) is 0 Å². The molecule has 1 aromatic rings. The molecule has 122 valence electrons. The van der Waals surface area contributed by atoms with E-state index in [2.05, 4.69) is 0 Å². The van der Waals surface area contributed by atoms with Crippen LogP contribution in [0.5, 0.6) is 5.75 Å². The lowest BCUT2D eigenvalue weighted by Crippen LogP contribution is -2.36. The van der Waals surface area contributed by atoms with Gasteiger partial charge in [0.1, 0.15) is 12.3 Å². The first kappa shape index (κ1) is 17.0. The summed E-state index contributed by atoms with van der Waals surface area (Å²) in [6, 6.07) is 7.47. The number of thioether (sulfide) groups is 1. The molecule has 0 aromatic heterocycles. The molecule has 1 saturated heterocycles. The van der Waals surface area contributed by atoms with E-state index in [4.69, 9.17) is 4.74 Å². The molecule has 2 atom stereocenters. The smallest absolute Gasteiger partial charge is 0.406 e. The minimum atomic E-state index is -4.34. The number of rotatable bonds is 5. The first-order valence-electron chi connectivity index (χ1n) is 6.95. The average Bonchev–Trinajstić information content (AvgIpc) is 2.78. The van der Waals surface area contributed by atoms with E-state index >= 15 is 0 Å². The van der Waals surface area contributed by atoms with Gasteiger partial charge in [-0.05, 0) is 19.4 Å². The monoisotopic (exact) mass is 333 g/mol. The van der Waals surface area contributed by atoms with Crippen LogP contribution in [-0.2, 0) is 4.79 Å². The molecule has 0 spiro atoms. The van der Waals surface area contributed by atoms with Crippen LogP contribution in [0.3, 0.4) is 0 Å². The van der Waals surface area contributed by atoms with Crippen LogP contribution in [0, 0.1) is 0 Å². The Hall–Kier alpha value is -1.37. The summed E-state index contributed by atoms with van der Waals surface area (Å²) in [4.78, 5) is 13.0. The highest BCUT2D eigenvalue weighted by molar-refractivity contribution is 8.00. The Labute approximate surface area is 131 Å². The maximum atomic E-state index is 12.4. The van der Waals surface area contributed by atoms with Crippen molar-refractivity contribution in [2.75, 3.05) is 20.2 Å². The van der Waals surface area contributed by atoms with Gasteiger partial charge in [-0.3, -0.25) is 4.79 Å². The van der Waals surface area contributed by atoms with Crippen LogP contribution in [0.4, 0.5) is 13.2 Å². The Balaban J connectivity index is 2.01. The van der Waals surface area contributed by atoms with Crippen molar-refractivity contribution in [2.45, 2.75) is 30.0 Å². The van der Waals surface area contributed by atoms with Gasteiger partial charge in [0.05, 0.1) is 12.4 Å². The number of benzene rings is 1. The second-order valence-corrected chi connectivity index (χ2v) is 6.72. The Kier molecular flexibility index (Phi) is 5.26. The number of para-hydroxylation sites is 1. The van der Waals surface area contributed by atoms with Crippen LogP contribution in [0.1, 0.15) is 24.2 Å². The molecule has 1 amide bonds. The standard InChI is InChI=1S/C15H18F3NO2S/c1-10(11-5-3-4-6-12(11)21-2)22-13-7-8-19(14(13)20)9-15(16,17)18/h3-6,10,13H,7-9H2,1-2H3/t10-,13-/m1/s1. The van der Waals surface area contributed by atoms with Crippen LogP contribution in [0.15, 0.2) is 24.3 Å². The predicted molar refractivity (Wildman–Crippen MR) is 80.0 cm³/mol. The molecule has 1 fully saturated rings. The summed E-state index contributed by atoms with van der Waals surface area (Å²) in [5.74, 6) is 0.296. The molecule has 1 heterocycles. The van der Waals surface area contributed by atoms with Gasteiger partial charge in [-0.2, -0.15) is 13.2 Å². The molecule has 1 aliphatic heterocycles. The van der Waals surface area contributed by atoms with Crippen LogP contribution < -0.4 is 4.74 Å². The summed E-state index contributed by atoms with van der Waals surface area (Å²) in [6.07, 6.45) is -3.90. The van der Waals surface area contributed by atoms with Gasteiger partial charge < -0.3 is 9.64 Å². The Morgan fingerprint density at radius 2 is 2.09 bits per heavy atom. The summed E-state index contributed by atoms with van der Waals surface area (Å²) in [6.45, 7) is 0.933. The first-order chi connectivity index (χ1) is 10.3. The number of likely N-dealkylation sites (tertiary alicyclic amines) is 1. The van der Waals surface area contributed by atoms with Gasteiger partial charge in [0.2, 0.25) is 5.91 Å². The number of hydrogen-bond donors (Lipinski definition) is 0. The summed E-state index contributed by atoms with van der Waals surface area (Å²) in [7, 11) is 1.57. The van der Waals surface area contributed by atoms with E-state index in [1.807, 2.05) is 31.2 Å². The SMILES string of the molecule is COc1ccccc1[C@@H](C)S[C@@H]1CCN(CC(F)(F)F)C1=O. The molecule has 0 radical (unpaired) electrons. The molecule has 0 bridgehead atoms. The number of amides is 1. The number of nitrogens with zero attached hydrogens (tertiary/aromatic N) is 1. The topological polar surface area (TPSA) is 29.5 Å². The molecule has 0 N–H and O–H groups in total. The zero-order chi connectivity index (χ0) is 16.3. The molecule has 3 nitrogen and oxygen atoms in total.